The first kappa shape index (κ1) is 24.9. The van der Waals surface area contributed by atoms with Crippen LogP contribution in [0.15, 0.2) is 27.6 Å². The van der Waals surface area contributed by atoms with E-state index < -0.39 is 57.7 Å². The molecule has 10 nitrogen and oxygen atoms in total. The lowest BCUT2D eigenvalue weighted by Gasteiger charge is -2.64. The van der Waals surface area contributed by atoms with Crippen LogP contribution in [-0.2, 0) is 28.5 Å². The first-order valence-corrected chi connectivity index (χ1v) is 14.8. The van der Waals surface area contributed by atoms with Crippen molar-refractivity contribution in [3.05, 3.63) is 34.4 Å². The summed E-state index contributed by atoms with van der Waals surface area (Å²) in [5, 5.41) is 24.7. The summed E-state index contributed by atoms with van der Waals surface area (Å²) in [6.07, 6.45) is 2.00. The molecule has 1 aromatic rings. The molecule has 0 unspecified atom stereocenters. The zero-order valence-corrected chi connectivity index (χ0v) is 22.9. The van der Waals surface area contributed by atoms with Gasteiger partial charge in [-0.1, -0.05) is 6.92 Å². The smallest absolute Gasteiger partial charge is 0.335 e. The van der Waals surface area contributed by atoms with Gasteiger partial charge in [0.25, 0.3) is 0 Å². The Balaban J connectivity index is 1.13. The van der Waals surface area contributed by atoms with E-state index in [9.17, 15) is 19.8 Å². The van der Waals surface area contributed by atoms with Crippen molar-refractivity contribution in [1.82, 2.24) is 0 Å². The van der Waals surface area contributed by atoms with Gasteiger partial charge in [0.15, 0.2) is 17.9 Å². The number of carbonyl (C=O) groups excluding carboxylic acids is 1. The van der Waals surface area contributed by atoms with Crippen molar-refractivity contribution in [3.63, 3.8) is 0 Å². The van der Waals surface area contributed by atoms with Crippen LogP contribution in [0.25, 0.3) is 0 Å². The summed E-state index contributed by atoms with van der Waals surface area (Å²) >= 11 is 0. The molecule has 4 saturated heterocycles. The topological polar surface area (TPSA) is 137 Å². The highest BCUT2D eigenvalue weighted by molar-refractivity contribution is 5.94. The van der Waals surface area contributed by atoms with Gasteiger partial charge in [-0.3, -0.25) is 4.79 Å². The molecular formula is C30H36O10. The van der Waals surface area contributed by atoms with E-state index in [4.69, 9.17) is 28.1 Å². The zero-order chi connectivity index (χ0) is 27.6. The van der Waals surface area contributed by atoms with Crippen LogP contribution in [0.3, 0.4) is 0 Å². The Morgan fingerprint density at radius 3 is 2.58 bits per heavy atom. The summed E-state index contributed by atoms with van der Waals surface area (Å²) in [5.41, 5.74) is -4.30. The number of hydrogen-bond donors (Lipinski definition) is 2. The predicted octanol–water partition coefficient (Wildman–Crippen LogP) is 1.79. The molecular weight excluding hydrogens is 520 g/mol. The largest absolute Gasteiger partial charge is 0.431 e. The van der Waals surface area contributed by atoms with E-state index in [1.165, 1.54) is 12.3 Å². The third-order valence-corrected chi connectivity index (χ3v) is 12.8. The van der Waals surface area contributed by atoms with E-state index in [1.807, 2.05) is 6.92 Å². The monoisotopic (exact) mass is 556 g/mol. The van der Waals surface area contributed by atoms with Gasteiger partial charge >= 0.3 is 5.63 Å². The van der Waals surface area contributed by atoms with Gasteiger partial charge in [0.1, 0.15) is 29.5 Å². The van der Waals surface area contributed by atoms with E-state index in [2.05, 4.69) is 6.92 Å². The van der Waals surface area contributed by atoms with Crippen molar-refractivity contribution in [1.29, 1.82) is 0 Å². The van der Waals surface area contributed by atoms with Crippen LogP contribution >= 0.6 is 0 Å². The normalized spacial score (nSPS) is 60.7. The Bertz CT molecular complexity index is 1360. The number of rotatable bonds is 1. The average molecular weight is 557 g/mol. The molecule has 0 amide bonds. The number of ether oxygens (including phenoxy) is 5. The highest BCUT2D eigenvalue weighted by atomic mass is 16.9. The molecule has 0 aromatic carbocycles. The Morgan fingerprint density at radius 2 is 1.80 bits per heavy atom. The highest BCUT2D eigenvalue weighted by Gasteiger charge is 2.89. The van der Waals surface area contributed by atoms with E-state index >= 15 is 0 Å². The second-order valence-corrected chi connectivity index (χ2v) is 14.3. The first-order chi connectivity index (χ1) is 19.0. The van der Waals surface area contributed by atoms with Crippen molar-refractivity contribution in [3.8, 4) is 0 Å². The standard InChI is InChI=1S/C30H36O10/c1-13-8-17-22-25(36-13)40-28(39-22)12-26(2)15(9-18(28)37-17)10-19-30(38-19)23(26)21(32)24(33)27(3)16(6-7-29(27,30)34)14-4-5-20(31)35-11-14/h4-5,11,13,15-19,21-23,25,32,34H,6-10,12H2,1-3H3/t13-,15+,16+,17-,18+,19-,21-,22-,23+,25-,26-,27-,28-,29+,30-/m0/s1. The molecule has 2 bridgehead atoms. The molecule has 2 spiro atoms. The molecule has 40 heavy (non-hydrogen) atoms. The average Bonchev–Trinajstić information content (AvgIpc) is 3.42. The van der Waals surface area contributed by atoms with Crippen molar-refractivity contribution >= 4 is 5.78 Å². The molecule has 216 valence electrons. The van der Waals surface area contributed by atoms with Gasteiger partial charge in [0.05, 0.1) is 30.0 Å². The summed E-state index contributed by atoms with van der Waals surface area (Å²) in [6.45, 7) is 5.89. The van der Waals surface area contributed by atoms with Gasteiger partial charge in [-0.05, 0) is 62.5 Å². The quantitative estimate of drug-likeness (QED) is 0.389. The Labute approximate surface area is 231 Å². The van der Waals surface area contributed by atoms with Gasteiger partial charge in [-0.25, -0.2) is 4.79 Å². The van der Waals surface area contributed by atoms with Crippen LogP contribution in [0.4, 0.5) is 0 Å². The van der Waals surface area contributed by atoms with Crippen LogP contribution < -0.4 is 5.63 Å². The summed E-state index contributed by atoms with van der Waals surface area (Å²) in [4.78, 5) is 26.0. The Kier molecular flexibility index (Phi) is 4.53. The fourth-order valence-electron chi connectivity index (χ4n) is 11.0. The minimum atomic E-state index is -1.49. The van der Waals surface area contributed by atoms with Crippen molar-refractivity contribution < 1.29 is 43.1 Å². The molecule has 10 heteroatoms. The summed E-state index contributed by atoms with van der Waals surface area (Å²) in [5.74, 6) is -2.38. The van der Waals surface area contributed by atoms with Crippen molar-refractivity contribution in [2.75, 3.05) is 0 Å². The molecule has 1 aromatic heterocycles. The SMILES string of the molecule is C[C@H]1C[C@@H]2O[C@@H]3C[C@@H]4C[C@@H]5O[C@]56[C@H]([C@H](O)C(=O)[C@]5(C)[C@@H](c7ccc(=O)oc7)CC[C@]65O)[C@@]4(C)C[C@]34O[C@H](O1)[C@H]2O4. The van der Waals surface area contributed by atoms with E-state index in [1.54, 1.807) is 13.0 Å². The summed E-state index contributed by atoms with van der Waals surface area (Å²) < 4.78 is 37.6. The predicted molar refractivity (Wildman–Crippen MR) is 134 cm³/mol. The fourth-order valence-corrected chi connectivity index (χ4v) is 11.0. The molecule has 8 aliphatic rings. The minimum Gasteiger partial charge on any atom is -0.431 e. The highest BCUT2D eigenvalue weighted by Crippen LogP contribution is 2.78. The van der Waals surface area contributed by atoms with Crippen molar-refractivity contribution in [2.45, 2.75) is 125 Å². The maximum absolute atomic E-state index is 14.4. The molecule has 8 fully saturated rings. The Hall–Kier alpha value is -1.66. The van der Waals surface area contributed by atoms with Crippen molar-refractivity contribution in [2.24, 2.45) is 22.7 Å². The van der Waals surface area contributed by atoms with Crippen LogP contribution in [-0.4, -0.2) is 75.9 Å². The van der Waals surface area contributed by atoms with E-state index in [-0.39, 0.29) is 42.2 Å². The fraction of sp³-hybridized carbons (Fsp3) is 0.800. The zero-order valence-electron chi connectivity index (χ0n) is 22.9. The van der Waals surface area contributed by atoms with E-state index in [0.717, 1.165) is 6.42 Å². The van der Waals surface area contributed by atoms with Gasteiger partial charge in [-0.2, -0.15) is 0 Å². The Morgan fingerprint density at radius 1 is 1.00 bits per heavy atom. The lowest BCUT2D eigenvalue weighted by molar-refractivity contribution is -0.341. The number of epoxide rings is 1. The number of hydrogen-bond acceptors (Lipinski definition) is 10. The molecule has 2 N–H and O–H groups in total. The second kappa shape index (κ2) is 7.27. The molecule has 0 radical (unpaired) electrons. The molecule has 5 heterocycles. The third kappa shape index (κ3) is 2.55. The van der Waals surface area contributed by atoms with Gasteiger partial charge in [-0.15, -0.1) is 0 Å². The summed E-state index contributed by atoms with van der Waals surface area (Å²) in [7, 11) is 0. The number of ketones is 1. The number of aliphatic hydroxyl groups is 2. The minimum absolute atomic E-state index is 0.00463. The second-order valence-electron chi connectivity index (χ2n) is 14.3. The lowest BCUT2D eigenvalue weighted by atomic mass is 9.41. The number of carbonyl (C=O) groups is 1. The molecule has 15 atom stereocenters. The van der Waals surface area contributed by atoms with Gasteiger partial charge in [0, 0.05) is 30.7 Å². The van der Waals surface area contributed by atoms with Gasteiger partial charge < -0.3 is 38.3 Å². The third-order valence-electron chi connectivity index (χ3n) is 12.8. The maximum Gasteiger partial charge on any atom is 0.335 e. The maximum atomic E-state index is 14.4. The number of fused-ring (bicyclic) bond motifs is 3. The molecule has 4 saturated carbocycles. The van der Waals surface area contributed by atoms with Crippen LogP contribution in [0.2, 0.25) is 0 Å². The molecule has 9 rings (SSSR count). The van der Waals surface area contributed by atoms with E-state index in [0.29, 0.717) is 37.7 Å². The van der Waals surface area contributed by atoms with Crippen LogP contribution in [0.5, 0.6) is 0 Å². The number of Topliss-reactive ketones (excluding diaryl/α,β-unsaturated/α-hetero) is 1. The number of aliphatic hydroxyl groups excluding tert-OH is 1. The van der Waals surface area contributed by atoms with Gasteiger partial charge in [0.2, 0.25) is 0 Å². The molecule has 4 aliphatic heterocycles. The molecule has 4 aliphatic carbocycles. The lowest BCUT2D eigenvalue weighted by Crippen LogP contribution is -2.76. The summed E-state index contributed by atoms with van der Waals surface area (Å²) in [6, 6.07) is 3.00. The van der Waals surface area contributed by atoms with Crippen LogP contribution in [0.1, 0.15) is 70.8 Å². The van der Waals surface area contributed by atoms with Crippen LogP contribution in [0, 0.1) is 22.7 Å². The first-order valence-electron chi connectivity index (χ1n) is 14.8.